The Balaban J connectivity index is 3.18. The van der Waals surface area contributed by atoms with E-state index in [1.807, 2.05) is 4.72 Å². The Morgan fingerprint density at radius 2 is 2.10 bits per heavy atom. The number of carbonyl (C=O) groups is 1. The average Bonchev–Trinajstić information content (AvgIpc) is 2.34. The van der Waals surface area contributed by atoms with E-state index in [4.69, 9.17) is 22.0 Å². The van der Waals surface area contributed by atoms with E-state index < -0.39 is 28.1 Å². The number of nitrogens with one attached hydrogen (secondary N) is 1. The predicted molar refractivity (Wildman–Crippen MR) is 69.6 cm³/mol. The maximum absolute atomic E-state index is 12.0. The van der Waals surface area contributed by atoms with Gasteiger partial charge in [0.15, 0.2) is 0 Å². The smallest absolute Gasteiger partial charge is 0.324 e. The molecule has 0 heterocycles. The lowest BCUT2D eigenvalue weighted by Gasteiger charge is -2.17. The summed E-state index contributed by atoms with van der Waals surface area (Å²) >= 11 is 5.76. The second-order valence-corrected chi connectivity index (χ2v) is 6.02. The molecule has 0 aromatic heterocycles. The molecule has 0 saturated carbocycles. The molecule has 0 fully saturated rings. The Hall–Kier alpha value is -1.66. The first-order valence-electron chi connectivity index (χ1n) is 5.32. The summed E-state index contributed by atoms with van der Waals surface area (Å²) in [5.41, 5.74) is 0.166. The van der Waals surface area contributed by atoms with E-state index in [9.17, 15) is 18.3 Å². The van der Waals surface area contributed by atoms with Crippen molar-refractivity contribution in [2.75, 3.05) is 0 Å². The summed E-state index contributed by atoms with van der Waals surface area (Å²) in [7, 11) is -4.24. The summed E-state index contributed by atoms with van der Waals surface area (Å²) in [4.78, 5) is 10.5. The van der Waals surface area contributed by atoms with Crippen molar-refractivity contribution in [3.8, 4) is 6.07 Å². The lowest BCUT2D eigenvalue weighted by molar-refractivity contribution is -0.141. The maximum Gasteiger partial charge on any atom is 0.324 e. The van der Waals surface area contributed by atoms with Gasteiger partial charge in [0, 0.05) is 0 Å². The zero-order valence-corrected chi connectivity index (χ0v) is 11.8. The third-order valence-electron chi connectivity index (χ3n) is 2.38. The lowest BCUT2D eigenvalue weighted by atomic mass is 10.2. The summed E-state index contributed by atoms with van der Waals surface area (Å²) in [5.74, 6) is -1.52. The van der Waals surface area contributed by atoms with Crippen LogP contribution in [0.4, 0.5) is 0 Å². The van der Waals surface area contributed by atoms with Gasteiger partial charge in [-0.1, -0.05) is 11.6 Å². The molecule has 1 rings (SSSR count). The number of hydrogen-bond donors (Lipinski definition) is 3. The Bertz CT molecular complexity index is 666. The van der Waals surface area contributed by atoms with Gasteiger partial charge in [-0.2, -0.15) is 9.98 Å². The monoisotopic (exact) mass is 318 g/mol. The van der Waals surface area contributed by atoms with Gasteiger partial charge in [-0.3, -0.25) is 4.79 Å². The van der Waals surface area contributed by atoms with Crippen molar-refractivity contribution in [1.29, 1.82) is 5.26 Å². The van der Waals surface area contributed by atoms with Crippen LogP contribution in [-0.2, 0) is 14.8 Å². The summed E-state index contributed by atoms with van der Waals surface area (Å²) in [6.45, 7) is 1.14. The van der Waals surface area contributed by atoms with E-state index in [-0.39, 0.29) is 15.5 Å². The number of aliphatic carboxylic acids is 1. The summed E-state index contributed by atoms with van der Waals surface area (Å²) in [5, 5.41) is 26.5. The van der Waals surface area contributed by atoms with Gasteiger partial charge in [0.1, 0.15) is 10.9 Å². The van der Waals surface area contributed by atoms with Crippen molar-refractivity contribution in [2.45, 2.75) is 24.0 Å². The molecule has 20 heavy (non-hydrogen) atoms. The molecule has 1 aromatic carbocycles. The molecule has 108 valence electrons. The van der Waals surface area contributed by atoms with Gasteiger partial charge in [0.05, 0.1) is 22.8 Å². The standard InChI is InChI=1S/C11H11ClN2O5S/c1-6(15)10(11(16)17)14-20(18,19)9-3-2-7(5-13)4-8(9)12/h2-4,6,10,14-15H,1H3,(H,16,17)/t6-,10+/m1/s1. The van der Waals surface area contributed by atoms with E-state index in [0.717, 1.165) is 19.1 Å². The second kappa shape index (κ2) is 6.19. The first-order valence-corrected chi connectivity index (χ1v) is 7.18. The number of rotatable bonds is 5. The normalized spacial score (nSPS) is 14.3. The molecule has 0 amide bonds. The van der Waals surface area contributed by atoms with Crippen molar-refractivity contribution >= 4 is 27.6 Å². The van der Waals surface area contributed by atoms with Crippen molar-refractivity contribution < 1.29 is 23.4 Å². The topological polar surface area (TPSA) is 127 Å². The Morgan fingerprint density at radius 1 is 1.50 bits per heavy atom. The molecule has 0 radical (unpaired) electrons. The molecule has 3 N–H and O–H groups in total. The van der Waals surface area contributed by atoms with Crippen molar-refractivity contribution in [3.63, 3.8) is 0 Å². The molecular formula is C11H11ClN2O5S. The number of aliphatic hydroxyl groups excluding tert-OH is 1. The minimum Gasteiger partial charge on any atom is -0.480 e. The molecule has 1 aromatic rings. The molecule has 0 aliphatic carbocycles. The fourth-order valence-corrected chi connectivity index (χ4v) is 3.18. The molecule has 0 aliphatic rings. The number of nitriles is 1. The van der Waals surface area contributed by atoms with Crippen LogP contribution < -0.4 is 4.72 Å². The van der Waals surface area contributed by atoms with Crippen LogP contribution in [0.3, 0.4) is 0 Å². The van der Waals surface area contributed by atoms with Gasteiger partial charge in [0.2, 0.25) is 10.0 Å². The number of carboxylic acid groups (broad SMARTS) is 1. The zero-order chi connectivity index (χ0) is 15.5. The minimum absolute atomic E-state index is 0.166. The van der Waals surface area contributed by atoms with Crippen LogP contribution in [0.15, 0.2) is 23.1 Å². The number of carboxylic acids is 1. The van der Waals surface area contributed by atoms with Crippen LogP contribution >= 0.6 is 11.6 Å². The van der Waals surface area contributed by atoms with Crippen LogP contribution in [0.2, 0.25) is 5.02 Å². The zero-order valence-electron chi connectivity index (χ0n) is 10.2. The molecule has 0 unspecified atom stereocenters. The van der Waals surface area contributed by atoms with Crippen molar-refractivity contribution in [2.24, 2.45) is 0 Å². The first-order chi connectivity index (χ1) is 9.19. The molecular weight excluding hydrogens is 308 g/mol. The molecule has 7 nitrogen and oxygen atoms in total. The number of sulfonamides is 1. The van der Waals surface area contributed by atoms with Gasteiger partial charge in [-0.25, -0.2) is 8.42 Å². The maximum atomic E-state index is 12.0. The quantitative estimate of drug-likeness (QED) is 0.717. The van der Waals surface area contributed by atoms with Gasteiger partial charge in [-0.05, 0) is 25.1 Å². The first kappa shape index (κ1) is 16.4. The van der Waals surface area contributed by atoms with Gasteiger partial charge in [0.25, 0.3) is 0 Å². The average molecular weight is 319 g/mol. The van der Waals surface area contributed by atoms with Crippen LogP contribution in [0.1, 0.15) is 12.5 Å². The van der Waals surface area contributed by atoms with Crippen molar-refractivity contribution in [1.82, 2.24) is 4.72 Å². The highest BCUT2D eigenvalue weighted by Gasteiger charge is 2.30. The van der Waals surface area contributed by atoms with E-state index in [1.165, 1.54) is 6.07 Å². The molecule has 0 aliphatic heterocycles. The minimum atomic E-state index is -4.24. The van der Waals surface area contributed by atoms with Crippen LogP contribution in [0, 0.1) is 11.3 Å². The van der Waals surface area contributed by atoms with E-state index in [1.54, 1.807) is 6.07 Å². The van der Waals surface area contributed by atoms with E-state index >= 15 is 0 Å². The third kappa shape index (κ3) is 3.68. The van der Waals surface area contributed by atoms with E-state index in [2.05, 4.69) is 0 Å². The number of halogens is 1. The molecule has 0 saturated heterocycles. The Kier molecular flexibility index (Phi) is 5.08. The van der Waals surface area contributed by atoms with Gasteiger partial charge < -0.3 is 10.2 Å². The van der Waals surface area contributed by atoms with Gasteiger partial charge in [-0.15, -0.1) is 0 Å². The fourth-order valence-electron chi connectivity index (χ4n) is 1.37. The van der Waals surface area contributed by atoms with Crippen LogP contribution in [0.5, 0.6) is 0 Å². The number of benzene rings is 1. The number of nitrogens with zero attached hydrogens (tertiary/aromatic N) is 1. The van der Waals surface area contributed by atoms with Crippen molar-refractivity contribution in [3.05, 3.63) is 28.8 Å². The molecule has 2 atom stereocenters. The van der Waals surface area contributed by atoms with Gasteiger partial charge >= 0.3 is 5.97 Å². The number of hydrogen-bond acceptors (Lipinski definition) is 5. The SMILES string of the molecule is C[C@@H](O)[C@H](NS(=O)(=O)c1ccc(C#N)cc1Cl)C(=O)O. The second-order valence-electron chi connectivity index (χ2n) is 3.93. The third-order valence-corrected chi connectivity index (χ3v) is 4.31. The molecule has 0 bridgehead atoms. The molecule has 0 spiro atoms. The highest BCUT2D eigenvalue weighted by molar-refractivity contribution is 7.89. The Morgan fingerprint density at radius 3 is 2.50 bits per heavy atom. The Labute approximate surface area is 120 Å². The van der Waals surface area contributed by atoms with E-state index in [0.29, 0.717) is 0 Å². The highest BCUT2D eigenvalue weighted by Crippen LogP contribution is 2.22. The summed E-state index contributed by atoms with van der Waals surface area (Å²) in [6, 6.07) is 3.56. The van der Waals surface area contributed by atoms with Crippen LogP contribution in [-0.4, -0.2) is 36.7 Å². The largest absolute Gasteiger partial charge is 0.480 e. The number of aliphatic hydroxyl groups is 1. The summed E-state index contributed by atoms with van der Waals surface area (Å²) < 4.78 is 25.9. The lowest BCUT2D eigenvalue weighted by Crippen LogP contribution is -2.47. The molecule has 9 heteroatoms. The van der Waals surface area contributed by atoms with Crippen LogP contribution in [0.25, 0.3) is 0 Å². The predicted octanol–water partition coefficient (Wildman–Crippen LogP) is 0.324. The highest BCUT2D eigenvalue weighted by atomic mass is 35.5. The fraction of sp³-hybridized carbons (Fsp3) is 0.273. The summed E-state index contributed by atoms with van der Waals surface area (Å²) in [6.07, 6.45) is -1.43.